The third kappa shape index (κ3) is 3.24. The van der Waals surface area contributed by atoms with Crippen LogP contribution >= 0.6 is 0 Å². The van der Waals surface area contributed by atoms with Gasteiger partial charge in [0.1, 0.15) is 5.75 Å². The van der Waals surface area contributed by atoms with Crippen LogP contribution in [0.5, 0.6) is 5.75 Å². The van der Waals surface area contributed by atoms with Crippen LogP contribution in [0.1, 0.15) is 45.7 Å². The summed E-state index contributed by atoms with van der Waals surface area (Å²) in [6, 6.07) is 8.13. The summed E-state index contributed by atoms with van der Waals surface area (Å²) in [6.45, 7) is 8.51. The lowest BCUT2D eigenvalue weighted by molar-refractivity contribution is 0.168. The van der Waals surface area contributed by atoms with Crippen molar-refractivity contribution in [2.75, 3.05) is 0 Å². The Bertz CT molecular complexity index is 322. The molecule has 2 unspecified atom stereocenters. The van der Waals surface area contributed by atoms with Gasteiger partial charge in [-0.15, -0.1) is 0 Å². The predicted octanol–water partition coefficient (Wildman–Crippen LogP) is 3.52. The van der Waals surface area contributed by atoms with Gasteiger partial charge < -0.3 is 10.5 Å². The smallest absolute Gasteiger partial charge is 0.124 e. The van der Waals surface area contributed by atoms with Gasteiger partial charge in [0.25, 0.3) is 0 Å². The van der Waals surface area contributed by atoms with E-state index in [0.717, 1.165) is 17.7 Å². The van der Waals surface area contributed by atoms with E-state index in [9.17, 15) is 0 Å². The molecule has 0 fully saturated rings. The summed E-state index contributed by atoms with van der Waals surface area (Å²) in [5.74, 6) is 1.43. The second-order valence-corrected chi connectivity index (χ2v) is 4.62. The van der Waals surface area contributed by atoms with E-state index >= 15 is 0 Å². The van der Waals surface area contributed by atoms with Gasteiger partial charge in [0.05, 0.1) is 6.10 Å². The third-order valence-electron chi connectivity index (χ3n) is 3.01. The molecule has 0 aliphatic heterocycles. The van der Waals surface area contributed by atoms with Crippen LogP contribution in [0, 0.1) is 5.92 Å². The van der Waals surface area contributed by atoms with Gasteiger partial charge in [0, 0.05) is 11.6 Å². The van der Waals surface area contributed by atoms with Crippen LogP contribution in [0.25, 0.3) is 0 Å². The number of rotatable bonds is 5. The van der Waals surface area contributed by atoms with Crippen LogP contribution in [0.2, 0.25) is 0 Å². The van der Waals surface area contributed by atoms with Crippen molar-refractivity contribution in [3.63, 3.8) is 0 Å². The summed E-state index contributed by atoms with van der Waals surface area (Å²) in [5, 5.41) is 0. The van der Waals surface area contributed by atoms with Crippen molar-refractivity contribution in [3.8, 4) is 5.75 Å². The largest absolute Gasteiger partial charge is 0.490 e. The molecule has 2 N–H and O–H groups in total. The maximum absolute atomic E-state index is 6.07. The average molecular weight is 221 g/mol. The van der Waals surface area contributed by atoms with E-state index in [2.05, 4.69) is 33.8 Å². The first-order chi connectivity index (χ1) is 7.56. The van der Waals surface area contributed by atoms with Crippen molar-refractivity contribution in [2.45, 2.75) is 46.3 Å². The minimum absolute atomic E-state index is 0.0653. The summed E-state index contributed by atoms with van der Waals surface area (Å²) >= 11 is 0. The van der Waals surface area contributed by atoms with E-state index in [-0.39, 0.29) is 12.1 Å². The molecule has 2 heteroatoms. The molecule has 0 saturated heterocycles. The van der Waals surface area contributed by atoms with Crippen LogP contribution in [-0.4, -0.2) is 6.10 Å². The molecule has 2 atom stereocenters. The molecule has 90 valence electrons. The van der Waals surface area contributed by atoms with E-state index in [0.29, 0.717) is 5.92 Å². The van der Waals surface area contributed by atoms with Crippen LogP contribution < -0.4 is 10.5 Å². The molecule has 1 rings (SSSR count). The Labute approximate surface area is 98.8 Å². The minimum atomic E-state index is 0.0653. The molecule has 0 heterocycles. The normalized spacial score (nSPS) is 14.9. The van der Waals surface area contributed by atoms with Gasteiger partial charge in [0.2, 0.25) is 0 Å². The van der Waals surface area contributed by atoms with Gasteiger partial charge in [-0.25, -0.2) is 0 Å². The highest BCUT2D eigenvalue weighted by Crippen LogP contribution is 2.27. The Morgan fingerprint density at radius 1 is 1.19 bits per heavy atom. The topological polar surface area (TPSA) is 35.2 Å². The zero-order valence-corrected chi connectivity index (χ0v) is 10.7. The van der Waals surface area contributed by atoms with Crippen molar-refractivity contribution in [2.24, 2.45) is 11.7 Å². The fourth-order valence-corrected chi connectivity index (χ4v) is 1.45. The van der Waals surface area contributed by atoms with Crippen molar-refractivity contribution in [1.29, 1.82) is 0 Å². The molecule has 1 aromatic rings. The van der Waals surface area contributed by atoms with Crippen molar-refractivity contribution >= 4 is 0 Å². The van der Waals surface area contributed by atoms with E-state index in [1.165, 1.54) is 0 Å². The summed E-state index contributed by atoms with van der Waals surface area (Å²) in [5.41, 5.74) is 7.18. The second kappa shape index (κ2) is 5.90. The summed E-state index contributed by atoms with van der Waals surface area (Å²) < 4.78 is 5.95. The third-order valence-corrected chi connectivity index (χ3v) is 3.01. The Balaban J connectivity index is 2.86. The molecule has 0 aliphatic rings. The summed E-state index contributed by atoms with van der Waals surface area (Å²) in [4.78, 5) is 0. The van der Waals surface area contributed by atoms with Crippen LogP contribution in [-0.2, 0) is 0 Å². The van der Waals surface area contributed by atoms with E-state index in [1.807, 2.05) is 18.2 Å². The van der Waals surface area contributed by atoms with Crippen LogP contribution in [0.4, 0.5) is 0 Å². The number of hydrogen-bond acceptors (Lipinski definition) is 2. The molecule has 1 aromatic carbocycles. The fraction of sp³-hybridized carbons (Fsp3) is 0.571. The van der Waals surface area contributed by atoms with Gasteiger partial charge in [-0.05, 0) is 25.3 Å². The molecule has 2 nitrogen and oxygen atoms in total. The first-order valence-electron chi connectivity index (χ1n) is 6.07. The van der Waals surface area contributed by atoms with Crippen molar-refractivity contribution < 1.29 is 4.74 Å². The SMILES string of the molecule is CCC(N)c1ccccc1OC(C)C(C)C. The number of ether oxygens (including phenoxy) is 1. The van der Waals surface area contributed by atoms with Gasteiger partial charge in [-0.2, -0.15) is 0 Å². The van der Waals surface area contributed by atoms with E-state index in [1.54, 1.807) is 0 Å². The van der Waals surface area contributed by atoms with Gasteiger partial charge in [-0.1, -0.05) is 39.0 Å². The Kier molecular flexibility index (Phi) is 4.81. The first kappa shape index (κ1) is 13.0. The molecular weight excluding hydrogens is 198 g/mol. The van der Waals surface area contributed by atoms with Crippen molar-refractivity contribution in [1.82, 2.24) is 0 Å². The second-order valence-electron chi connectivity index (χ2n) is 4.62. The number of para-hydroxylation sites is 1. The predicted molar refractivity (Wildman–Crippen MR) is 68.6 cm³/mol. The molecule has 0 spiro atoms. The maximum atomic E-state index is 6.07. The number of hydrogen-bond donors (Lipinski definition) is 1. The van der Waals surface area contributed by atoms with E-state index in [4.69, 9.17) is 10.5 Å². The first-order valence-corrected chi connectivity index (χ1v) is 6.07. The Morgan fingerprint density at radius 2 is 1.81 bits per heavy atom. The number of nitrogens with two attached hydrogens (primary N) is 1. The molecule has 0 saturated carbocycles. The summed E-state index contributed by atoms with van der Waals surface area (Å²) in [7, 11) is 0. The molecule has 0 amide bonds. The molecular formula is C14H23NO. The average Bonchev–Trinajstić information content (AvgIpc) is 2.28. The minimum Gasteiger partial charge on any atom is -0.490 e. The highest BCUT2D eigenvalue weighted by atomic mass is 16.5. The molecule has 0 radical (unpaired) electrons. The highest BCUT2D eigenvalue weighted by Gasteiger charge is 2.14. The Hall–Kier alpha value is -1.02. The summed E-state index contributed by atoms with van der Waals surface area (Å²) in [6.07, 6.45) is 1.14. The molecule has 16 heavy (non-hydrogen) atoms. The lowest BCUT2D eigenvalue weighted by atomic mass is 10.0. The molecule has 0 aromatic heterocycles. The lowest BCUT2D eigenvalue weighted by Crippen LogP contribution is -2.20. The van der Waals surface area contributed by atoms with E-state index < -0.39 is 0 Å². The van der Waals surface area contributed by atoms with Gasteiger partial charge >= 0.3 is 0 Å². The highest BCUT2D eigenvalue weighted by molar-refractivity contribution is 5.35. The quantitative estimate of drug-likeness (QED) is 0.825. The van der Waals surface area contributed by atoms with Gasteiger partial charge in [0.15, 0.2) is 0 Å². The van der Waals surface area contributed by atoms with Gasteiger partial charge in [-0.3, -0.25) is 0 Å². The Morgan fingerprint density at radius 3 is 2.38 bits per heavy atom. The monoisotopic (exact) mass is 221 g/mol. The zero-order chi connectivity index (χ0) is 12.1. The van der Waals surface area contributed by atoms with Crippen LogP contribution in [0.3, 0.4) is 0 Å². The molecule has 0 bridgehead atoms. The lowest BCUT2D eigenvalue weighted by Gasteiger charge is -2.22. The maximum Gasteiger partial charge on any atom is 0.124 e. The molecule has 0 aliphatic carbocycles. The standard InChI is InChI=1S/C14H23NO/c1-5-13(15)12-8-6-7-9-14(12)16-11(4)10(2)3/h6-11,13H,5,15H2,1-4H3. The number of benzene rings is 1. The van der Waals surface area contributed by atoms with Crippen molar-refractivity contribution in [3.05, 3.63) is 29.8 Å². The fourth-order valence-electron chi connectivity index (χ4n) is 1.45. The van der Waals surface area contributed by atoms with Crippen LogP contribution in [0.15, 0.2) is 24.3 Å². The zero-order valence-electron chi connectivity index (χ0n) is 10.7.